The van der Waals surface area contributed by atoms with Gasteiger partial charge in [0, 0.05) is 27.7 Å². The fourth-order valence-electron chi connectivity index (χ4n) is 3.87. The maximum Gasteiger partial charge on any atom is 0.312 e. The van der Waals surface area contributed by atoms with Crippen LogP contribution < -0.4 is 4.74 Å². The fraction of sp³-hybridized carbons (Fsp3) is 0.458. The van der Waals surface area contributed by atoms with Crippen molar-refractivity contribution in [3.8, 4) is 17.7 Å². The van der Waals surface area contributed by atoms with E-state index in [9.17, 15) is 4.79 Å². The average molecular weight is 409 g/mol. The van der Waals surface area contributed by atoms with Crippen LogP contribution in [0.5, 0.6) is 5.88 Å². The summed E-state index contributed by atoms with van der Waals surface area (Å²) in [7, 11) is 0. The summed E-state index contributed by atoms with van der Waals surface area (Å²) in [4.78, 5) is 12.9. The molecule has 0 saturated heterocycles. The van der Waals surface area contributed by atoms with Gasteiger partial charge in [0.15, 0.2) is 0 Å². The molecule has 0 fully saturated rings. The molecule has 2 aromatic rings. The Kier molecular flexibility index (Phi) is 6.05. The van der Waals surface area contributed by atoms with Crippen LogP contribution >= 0.6 is 11.8 Å². The molecule has 0 spiro atoms. The lowest BCUT2D eigenvalue weighted by Gasteiger charge is -2.42. The van der Waals surface area contributed by atoms with E-state index in [2.05, 4.69) is 68.8 Å². The highest BCUT2D eigenvalue weighted by Gasteiger charge is 2.38. The second kappa shape index (κ2) is 8.20. The number of thioether (sulfide) groups is 1. The minimum atomic E-state index is -0.297. The molecule has 4 nitrogen and oxygen atoms in total. The van der Waals surface area contributed by atoms with Crippen molar-refractivity contribution in [1.82, 2.24) is 10.2 Å². The minimum absolute atomic E-state index is 0.109. The number of hydrogen-bond acceptors (Lipinski definition) is 5. The van der Waals surface area contributed by atoms with Gasteiger partial charge in [-0.15, -0.1) is 22.0 Å². The van der Waals surface area contributed by atoms with Gasteiger partial charge in [0.05, 0.1) is 0 Å². The van der Waals surface area contributed by atoms with E-state index in [0.29, 0.717) is 12.1 Å². The molecule has 0 bridgehead atoms. The van der Waals surface area contributed by atoms with Crippen LogP contribution in [0.15, 0.2) is 29.2 Å². The second-order valence-electron chi connectivity index (χ2n) is 8.82. The van der Waals surface area contributed by atoms with Gasteiger partial charge in [0.2, 0.25) is 5.88 Å². The number of esters is 1. The van der Waals surface area contributed by atoms with Gasteiger partial charge in [-0.3, -0.25) is 4.79 Å². The van der Waals surface area contributed by atoms with Crippen LogP contribution in [0.3, 0.4) is 0 Å². The highest BCUT2D eigenvalue weighted by molar-refractivity contribution is 8.00. The van der Waals surface area contributed by atoms with E-state index in [1.807, 2.05) is 18.7 Å². The molecular weight excluding hydrogens is 380 g/mol. The van der Waals surface area contributed by atoms with Crippen LogP contribution in [0.1, 0.15) is 76.3 Å². The summed E-state index contributed by atoms with van der Waals surface area (Å²) in [5.74, 6) is 6.25. The number of rotatable bonds is 3. The van der Waals surface area contributed by atoms with Crippen molar-refractivity contribution >= 4 is 17.7 Å². The lowest BCUT2D eigenvalue weighted by molar-refractivity contribution is -0.134. The van der Waals surface area contributed by atoms with E-state index in [-0.39, 0.29) is 22.0 Å². The SMILES string of the molecule is CCCC(=O)Oc1ccc(C#Cc2cc3c(cc2C)SC(C)(C)CC3(C)C)nn1. The van der Waals surface area contributed by atoms with E-state index in [1.165, 1.54) is 10.5 Å². The number of aromatic nitrogens is 2. The summed E-state index contributed by atoms with van der Waals surface area (Å²) >= 11 is 1.95. The third-order valence-corrected chi connectivity index (χ3v) is 6.20. The van der Waals surface area contributed by atoms with Crippen LogP contribution in [-0.4, -0.2) is 20.9 Å². The third-order valence-electron chi connectivity index (χ3n) is 4.95. The monoisotopic (exact) mass is 408 g/mol. The molecule has 0 amide bonds. The molecule has 2 heterocycles. The topological polar surface area (TPSA) is 52.1 Å². The van der Waals surface area contributed by atoms with Gasteiger partial charge < -0.3 is 4.74 Å². The van der Waals surface area contributed by atoms with Crippen molar-refractivity contribution in [1.29, 1.82) is 0 Å². The summed E-state index contributed by atoms with van der Waals surface area (Å²) in [6.07, 6.45) is 2.23. The molecule has 29 heavy (non-hydrogen) atoms. The Balaban J connectivity index is 1.84. The largest absolute Gasteiger partial charge is 0.406 e. The quantitative estimate of drug-likeness (QED) is 0.500. The highest BCUT2D eigenvalue weighted by atomic mass is 32.2. The average Bonchev–Trinajstić information content (AvgIpc) is 2.60. The Morgan fingerprint density at radius 1 is 1.17 bits per heavy atom. The van der Waals surface area contributed by atoms with E-state index in [0.717, 1.165) is 24.0 Å². The predicted octanol–water partition coefficient (Wildman–Crippen LogP) is 5.44. The molecule has 0 N–H and O–H groups in total. The number of nitrogens with zero attached hydrogens (tertiary/aromatic N) is 2. The number of carbonyl (C=O) groups is 1. The van der Waals surface area contributed by atoms with Gasteiger partial charge in [0.1, 0.15) is 5.69 Å². The number of benzene rings is 1. The number of aryl methyl sites for hydroxylation is 1. The normalized spacial score (nSPS) is 16.3. The number of fused-ring (bicyclic) bond motifs is 1. The van der Waals surface area contributed by atoms with Crippen molar-refractivity contribution in [3.05, 3.63) is 46.6 Å². The summed E-state index contributed by atoms with van der Waals surface area (Å²) in [5.41, 5.74) is 4.19. The van der Waals surface area contributed by atoms with Crippen molar-refractivity contribution in [2.45, 2.75) is 75.9 Å². The second-order valence-corrected chi connectivity index (χ2v) is 10.6. The van der Waals surface area contributed by atoms with Gasteiger partial charge in [-0.25, -0.2) is 0 Å². The Morgan fingerprint density at radius 3 is 2.59 bits per heavy atom. The first kappa shape index (κ1) is 21.4. The van der Waals surface area contributed by atoms with E-state index < -0.39 is 0 Å². The Bertz CT molecular complexity index is 982. The van der Waals surface area contributed by atoms with Crippen LogP contribution in [0.25, 0.3) is 0 Å². The molecule has 0 saturated carbocycles. The van der Waals surface area contributed by atoms with Crippen LogP contribution in [0.2, 0.25) is 0 Å². The van der Waals surface area contributed by atoms with Crippen molar-refractivity contribution < 1.29 is 9.53 Å². The maximum absolute atomic E-state index is 11.5. The Morgan fingerprint density at radius 2 is 1.93 bits per heavy atom. The molecule has 1 aromatic heterocycles. The summed E-state index contributed by atoms with van der Waals surface area (Å²) in [6.45, 7) is 13.3. The van der Waals surface area contributed by atoms with Gasteiger partial charge in [-0.05, 0) is 60.4 Å². The first-order chi connectivity index (χ1) is 13.6. The molecule has 0 atom stereocenters. The van der Waals surface area contributed by atoms with E-state index >= 15 is 0 Å². The molecule has 0 aliphatic carbocycles. The van der Waals surface area contributed by atoms with Crippen molar-refractivity contribution in [3.63, 3.8) is 0 Å². The van der Waals surface area contributed by atoms with Gasteiger partial charge in [-0.2, -0.15) is 0 Å². The van der Waals surface area contributed by atoms with Crippen molar-refractivity contribution in [2.75, 3.05) is 0 Å². The zero-order valence-corrected chi connectivity index (χ0v) is 18.9. The van der Waals surface area contributed by atoms with E-state index in [4.69, 9.17) is 4.74 Å². The summed E-state index contributed by atoms with van der Waals surface area (Å²) < 4.78 is 5.36. The highest BCUT2D eigenvalue weighted by Crippen LogP contribution is 2.51. The third kappa shape index (κ3) is 5.19. The number of hydrogen-bond donors (Lipinski definition) is 0. The maximum atomic E-state index is 11.5. The van der Waals surface area contributed by atoms with Crippen LogP contribution in [0, 0.1) is 18.8 Å². The fourth-order valence-corrected chi connectivity index (χ4v) is 5.58. The molecule has 1 aliphatic rings. The first-order valence-electron chi connectivity index (χ1n) is 10.0. The molecule has 152 valence electrons. The van der Waals surface area contributed by atoms with Gasteiger partial charge >= 0.3 is 5.97 Å². The molecule has 5 heteroatoms. The number of carbonyl (C=O) groups excluding carboxylic acids is 1. The summed E-state index contributed by atoms with van der Waals surface area (Å²) in [5, 5.41) is 8.01. The van der Waals surface area contributed by atoms with Crippen LogP contribution in [0.4, 0.5) is 0 Å². The van der Waals surface area contributed by atoms with Crippen molar-refractivity contribution in [2.24, 2.45) is 0 Å². The molecule has 1 aliphatic heterocycles. The standard InChI is InChI=1S/C24H28N2O2S/c1-7-8-22(27)28-21-12-11-18(25-26-21)10-9-17-14-19-20(13-16(17)2)29-24(5,6)15-23(19,3)4/h11-14H,7-8,15H2,1-6H3. The van der Waals surface area contributed by atoms with Gasteiger partial charge in [0.25, 0.3) is 0 Å². The van der Waals surface area contributed by atoms with E-state index in [1.54, 1.807) is 12.1 Å². The van der Waals surface area contributed by atoms with Gasteiger partial charge in [-0.1, -0.05) is 40.5 Å². The Labute approximate surface area is 177 Å². The van der Waals surface area contributed by atoms with Crippen LogP contribution in [-0.2, 0) is 10.2 Å². The lowest BCUT2D eigenvalue weighted by Crippen LogP contribution is -2.33. The minimum Gasteiger partial charge on any atom is -0.406 e. The molecule has 0 unspecified atom stereocenters. The number of ether oxygens (including phenoxy) is 1. The molecule has 3 rings (SSSR count). The zero-order valence-electron chi connectivity index (χ0n) is 18.0. The first-order valence-corrected chi connectivity index (χ1v) is 10.8. The Hall–Kier alpha value is -2.32. The molecule has 0 radical (unpaired) electrons. The molecular formula is C24H28N2O2S. The smallest absolute Gasteiger partial charge is 0.312 e. The zero-order chi connectivity index (χ0) is 21.2. The predicted molar refractivity (Wildman–Crippen MR) is 117 cm³/mol. The lowest BCUT2D eigenvalue weighted by atomic mass is 9.76. The summed E-state index contributed by atoms with van der Waals surface area (Å²) in [6, 6.07) is 7.85. The molecule has 1 aromatic carbocycles.